The topological polar surface area (TPSA) is 23.5 Å². The summed E-state index contributed by atoms with van der Waals surface area (Å²) < 4.78 is 0. The average molecular weight is 221 g/mol. The smallest absolute Gasteiger partial charge is 0.0630 e. The number of thiol groups is 1. The lowest BCUT2D eigenvalue weighted by Gasteiger charge is -2.34. The van der Waals surface area contributed by atoms with Gasteiger partial charge in [-0.3, -0.25) is 4.90 Å². The molecule has 1 heterocycles. The molecule has 0 bridgehead atoms. The van der Waals surface area contributed by atoms with E-state index in [-0.39, 0.29) is 0 Å². The average Bonchev–Trinajstić information content (AvgIpc) is 2.18. The molecule has 0 amide bonds. The van der Waals surface area contributed by atoms with Gasteiger partial charge in [0.1, 0.15) is 0 Å². The van der Waals surface area contributed by atoms with Crippen LogP contribution in [0.25, 0.3) is 0 Å². The van der Waals surface area contributed by atoms with Crippen molar-refractivity contribution >= 4 is 22.5 Å². The maximum atomic E-state index is 8.81. The normalized spacial score (nSPS) is 23.3. The highest BCUT2D eigenvalue weighted by molar-refractivity contribution is 8.68. The van der Waals surface area contributed by atoms with E-state index in [0.717, 1.165) is 12.3 Å². The Kier molecular flexibility index (Phi) is 5.55. The molecule has 1 N–H and O–H groups in total. The monoisotopic (exact) mass is 221 g/mol. The van der Waals surface area contributed by atoms with Gasteiger partial charge in [0.25, 0.3) is 0 Å². The lowest BCUT2D eigenvalue weighted by molar-refractivity contribution is 0.155. The predicted molar refractivity (Wildman–Crippen MR) is 62.0 cm³/mol. The van der Waals surface area contributed by atoms with Crippen LogP contribution >= 0.6 is 22.5 Å². The van der Waals surface area contributed by atoms with Gasteiger partial charge < -0.3 is 5.11 Å². The predicted octanol–water partition coefficient (Wildman–Crippen LogP) is 2.00. The number of rotatable bonds is 4. The molecule has 0 aromatic heterocycles. The van der Waals surface area contributed by atoms with Crippen molar-refractivity contribution in [1.82, 2.24) is 4.90 Å². The van der Waals surface area contributed by atoms with Crippen LogP contribution in [0.1, 0.15) is 26.2 Å². The van der Waals surface area contributed by atoms with Crippen molar-refractivity contribution in [2.75, 3.05) is 19.7 Å². The van der Waals surface area contributed by atoms with Crippen molar-refractivity contribution in [1.29, 1.82) is 0 Å². The Morgan fingerprint density at radius 2 is 2.15 bits per heavy atom. The van der Waals surface area contributed by atoms with E-state index in [0.29, 0.717) is 12.0 Å². The van der Waals surface area contributed by atoms with Gasteiger partial charge in [0.15, 0.2) is 0 Å². The van der Waals surface area contributed by atoms with E-state index in [1.165, 1.54) is 25.9 Å². The highest BCUT2D eigenvalue weighted by Crippen LogP contribution is 2.26. The third-order valence-electron chi connectivity index (χ3n) is 2.85. The first-order valence-corrected chi connectivity index (χ1v) is 6.86. The Morgan fingerprint density at radius 1 is 1.54 bits per heavy atom. The molecule has 78 valence electrons. The van der Waals surface area contributed by atoms with Crippen LogP contribution in [0.5, 0.6) is 0 Å². The van der Waals surface area contributed by atoms with Crippen molar-refractivity contribution in [3.63, 3.8) is 0 Å². The molecule has 0 aromatic carbocycles. The second-order valence-corrected chi connectivity index (χ2v) is 5.22. The zero-order valence-electron chi connectivity index (χ0n) is 8.15. The number of aliphatic hydroxyl groups is 1. The minimum absolute atomic E-state index is 0.349. The Morgan fingerprint density at radius 3 is 2.62 bits per heavy atom. The summed E-state index contributed by atoms with van der Waals surface area (Å²) in [6.45, 7) is 4.88. The van der Waals surface area contributed by atoms with E-state index in [9.17, 15) is 0 Å². The third-order valence-corrected chi connectivity index (χ3v) is 4.37. The highest BCUT2D eigenvalue weighted by Gasteiger charge is 2.21. The van der Waals surface area contributed by atoms with E-state index in [2.05, 4.69) is 23.5 Å². The maximum absolute atomic E-state index is 8.81. The van der Waals surface area contributed by atoms with Gasteiger partial charge in [-0.15, -0.1) is 11.7 Å². The van der Waals surface area contributed by atoms with Crippen LogP contribution in [0, 0.1) is 5.92 Å². The molecule has 0 radical (unpaired) electrons. The minimum Gasteiger partial charge on any atom is -0.396 e. The second kappa shape index (κ2) is 6.17. The lowest BCUT2D eigenvalue weighted by atomic mass is 9.94. The van der Waals surface area contributed by atoms with Crippen molar-refractivity contribution in [2.24, 2.45) is 5.92 Å². The van der Waals surface area contributed by atoms with Crippen molar-refractivity contribution in [3.8, 4) is 0 Å². The van der Waals surface area contributed by atoms with Gasteiger partial charge in [-0.25, -0.2) is 0 Å². The quantitative estimate of drug-likeness (QED) is 0.561. The first-order chi connectivity index (χ1) is 6.27. The van der Waals surface area contributed by atoms with Gasteiger partial charge in [0, 0.05) is 6.61 Å². The summed E-state index contributed by atoms with van der Waals surface area (Å²) in [5.41, 5.74) is 0. The Balaban J connectivity index is 2.22. The molecule has 2 nitrogen and oxygen atoms in total. The van der Waals surface area contributed by atoms with E-state index < -0.39 is 0 Å². The number of piperidine rings is 1. The third kappa shape index (κ3) is 3.70. The highest BCUT2D eigenvalue weighted by atomic mass is 33.1. The van der Waals surface area contributed by atoms with Crippen molar-refractivity contribution in [2.45, 2.75) is 31.6 Å². The van der Waals surface area contributed by atoms with Crippen LogP contribution in [-0.2, 0) is 0 Å². The number of nitrogens with zero attached hydrogens (tertiary/aromatic N) is 1. The molecule has 1 saturated heterocycles. The summed E-state index contributed by atoms with van der Waals surface area (Å²) in [7, 11) is 1.62. The summed E-state index contributed by atoms with van der Waals surface area (Å²) in [5, 5.41) is 9.34. The van der Waals surface area contributed by atoms with E-state index in [1.54, 1.807) is 10.8 Å². The standard InChI is InChI=1S/C9H19NOS2/c1-8(13-12)10-5-2-9(3-6-10)4-7-11/h8-9,11-12H,2-7H2,1H3. The van der Waals surface area contributed by atoms with Gasteiger partial charge in [0.2, 0.25) is 0 Å². The molecule has 4 heteroatoms. The Bertz CT molecular complexity index is 138. The zero-order valence-corrected chi connectivity index (χ0v) is 9.86. The summed E-state index contributed by atoms with van der Waals surface area (Å²) in [4.78, 5) is 2.46. The molecule has 0 spiro atoms. The van der Waals surface area contributed by atoms with Gasteiger partial charge >= 0.3 is 0 Å². The largest absolute Gasteiger partial charge is 0.396 e. The fraction of sp³-hybridized carbons (Fsp3) is 1.00. The summed E-state index contributed by atoms with van der Waals surface area (Å²) in [5.74, 6) is 0.748. The lowest BCUT2D eigenvalue weighted by Crippen LogP contribution is -2.38. The van der Waals surface area contributed by atoms with E-state index in [4.69, 9.17) is 5.11 Å². The van der Waals surface area contributed by atoms with Crippen molar-refractivity contribution < 1.29 is 5.11 Å². The van der Waals surface area contributed by atoms with Gasteiger partial charge in [-0.1, -0.05) is 10.8 Å². The van der Waals surface area contributed by atoms with Crippen molar-refractivity contribution in [3.05, 3.63) is 0 Å². The zero-order chi connectivity index (χ0) is 9.68. The molecule has 1 aliphatic rings. The number of hydrogen-bond acceptors (Lipinski definition) is 4. The van der Waals surface area contributed by atoms with E-state index in [1.807, 2.05) is 0 Å². The molecule has 13 heavy (non-hydrogen) atoms. The Hall–Kier alpha value is 0.620. The molecule has 1 unspecified atom stereocenters. The van der Waals surface area contributed by atoms with Gasteiger partial charge in [-0.05, 0) is 45.2 Å². The van der Waals surface area contributed by atoms with Crippen LogP contribution in [0.3, 0.4) is 0 Å². The first-order valence-electron chi connectivity index (χ1n) is 4.93. The molecule has 1 atom stereocenters. The Labute approximate surface area is 89.9 Å². The van der Waals surface area contributed by atoms with Crippen LogP contribution in [-0.4, -0.2) is 35.1 Å². The molecule has 0 saturated carbocycles. The molecular weight excluding hydrogens is 202 g/mol. The van der Waals surface area contributed by atoms with Crippen LogP contribution < -0.4 is 0 Å². The number of aliphatic hydroxyl groups excluding tert-OH is 1. The van der Waals surface area contributed by atoms with Crippen LogP contribution in [0.4, 0.5) is 0 Å². The van der Waals surface area contributed by atoms with Gasteiger partial charge in [0.05, 0.1) is 5.37 Å². The first kappa shape index (κ1) is 11.7. The molecule has 1 aliphatic heterocycles. The van der Waals surface area contributed by atoms with Crippen LogP contribution in [0.15, 0.2) is 0 Å². The minimum atomic E-state index is 0.349. The fourth-order valence-corrected chi connectivity index (χ4v) is 2.60. The molecular formula is C9H19NOS2. The van der Waals surface area contributed by atoms with Gasteiger partial charge in [-0.2, -0.15) is 0 Å². The second-order valence-electron chi connectivity index (χ2n) is 3.70. The molecule has 0 aliphatic carbocycles. The molecule has 1 rings (SSSR count). The fourth-order valence-electron chi connectivity index (χ4n) is 1.85. The van der Waals surface area contributed by atoms with E-state index >= 15 is 0 Å². The summed E-state index contributed by atoms with van der Waals surface area (Å²) in [6.07, 6.45) is 3.45. The summed E-state index contributed by atoms with van der Waals surface area (Å²) in [6, 6.07) is 0. The number of likely N-dealkylation sites (tertiary alicyclic amines) is 1. The summed E-state index contributed by atoms with van der Waals surface area (Å²) >= 11 is 4.22. The molecule has 1 fully saturated rings. The SMILES string of the molecule is CC(SS)N1CCC(CCO)CC1. The maximum Gasteiger partial charge on any atom is 0.0630 e. The van der Waals surface area contributed by atoms with Crippen LogP contribution in [0.2, 0.25) is 0 Å². The molecule has 0 aromatic rings. The number of hydrogen-bond donors (Lipinski definition) is 2.